The molecule has 0 bridgehead atoms. The Kier molecular flexibility index (Phi) is 8.82. The Morgan fingerprint density at radius 2 is 2.11 bits per heavy atom. The molecule has 1 aromatic carbocycles. The lowest BCUT2D eigenvalue weighted by atomic mass is 9.70. The minimum absolute atomic E-state index is 0.284. The maximum Gasteiger partial charge on any atom is 0.161 e. The zero-order chi connectivity index (χ0) is 26.3. The molecule has 36 heavy (non-hydrogen) atoms. The van der Waals surface area contributed by atoms with Gasteiger partial charge in [0.15, 0.2) is 5.82 Å². The molecule has 0 amide bonds. The zero-order valence-electron chi connectivity index (χ0n) is 22.5. The summed E-state index contributed by atoms with van der Waals surface area (Å²) < 4.78 is 0. The summed E-state index contributed by atoms with van der Waals surface area (Å²) in [5, 5.41) is 18.4. The van der Waals surface area contributed by atoms with Crippen molar-refractivity contribution in [1.29, 1.82) is 0 Å². The topological polar surface area (TPSA) is 85.7 Å². The fourth-order valence-corrected chi connectivity index (χ4v) is 4.40. The van der Waals surface area contributed by atoms with Crippen LogP contribution < -0.4 is 10.6 Å². The largest absolute Gasteiger partial charge is 0.387 e. The highest BCUT2D eigenvalue weighted by Gasteiger charge is 2.45. The number of aliphatic hydroxyl groups is 1. The Balaban J connectivity index is 2.04. The molecule has 0 aliphatic carbocycles. The Labute approximate surface area is 215 Å². The van der Waals surface area contributed by atoms with Crippen molar-refractivity contribution < 1.29 is 5.11 Å². The van der Waals surface area contributed by atoms with Gasteiger partial charge in [0.25, 0.3) is 0 Å². The van der Waals surface area contributed by atoms with Crippen LogP contribution in [0.25, 0.3) is 17.0 Å². The quantitative estimate of drug-likeness (QED) is 0.359. The van der Waals surface area contributed by atoms with Gasteiger partial charge in [-0.05, 0) is 43.2 Å². The van der Waals surface area contributed by atoms with Gasteiger partial charge in [0.1, 0.15) is 5.82 Å². The van der Waals surface area contributed by atoms with Crippen molar-refractivity contribution in [2.75, 3.05) is 46.1 Å². The summed E-state index contributed by atoms with van der Waals surface area (Å²) in [4.78, 5) is 16.1. The number of benzene rings is 1. The van der Waals surface area contributed by atoms with Crippen LogP contribution in [-0.4, -0.2) is 72.1 Å². The molecule has 0 radical (unpaired) electrons. The Morgan fingerprint density at radius 1 is 1.33 bits per heavy atom. The summed E-state index contributed by atoms with van der Waals surface area (Å²) in [7, 11) is 5.73. The third-order valence-corrected chi connectivity index (χ3v) is 6.79. The number of rotatable bonds is 9. The lowest BCUT2D eigenvalue weighted by Crippen LogP contribution is -2.59. The Hall–Kier alpha value is -3.29. The standard InChI is InChI=1S/C29H40N6O/c1-8-11-25(30-5)24-17-32-26(23-13-10-12-22(16-23)21(9-2)18-35(6)7)34-27(24)33-20-29(36)14-15-31-19-28(29,3)4/h8-13,16-18,31,36H,2,14-15,19-20H2,1,3-7H3,(H,32,33,34)/b11-8-,21-18+,30-25?. The van der Waals surface area contributed by atoms with Crippen molar-refractivity contribution in [3.05, 3.63) is 72.6 Å². The third kappa shape index (κ3) is 6.09. The predicted octanol–water partition coefficient (Wildman–Crippen LogP) is 4.39. The fourth-order valence-electron chi connectivity index (χ4n) is 4.40. The van der Waals surface area contributed by atoms with E-state index in [1.807, 2.05) is 62.5 Å². The third-order valence-electron chi connectivity index (χ3n) is 6.79. The molecular formula is C29H40N6O. The van der Waals surface area contributed by atoms with Crippen LogP contribution in [0.2, 0.25) is 0 Å². The molecule has 0 saturated carbocycles. The van der Waals surface area contributed by atoms with Crippen molar-refractivity contribution >= 4 is 17.1 Å². The lowest BCUT2D eigenvalue weighted by Gasteiger charge is -2.46. The molecule has 3 N–H and O–H groups in total. The van der Waals surface area contributed by atoms with Crippen LogP contribution in [0.3, 0.4) is 0 Å². The molecule has 3 rings (SSSR count). The minimum Gasteiger partial charge on any atom is -0.387 e. The summed E-state index contributed by atoms with van der Waals surface area (Å²) in [5.41, 5.74) is 3.36. The van der Waals surface area contributed by atoms with E-state index in [1.54, 1.807) is 13.2 Å². The number of aliphatic imine (C=N–C) groups is 1. The average Bonchev–Trinajstić information content (AvgIpc) is 2.86. The number of nitrogens with one attached hydrogen (secondary N) is 2. The number of allylic oxidation sites excluding steroid dienone is 4. The second kappa shape index (κ2) is 11.6. The molecule has 1 saturated heterocycles. The van der Waals surface area contributed by atoms with Gasteiger partial charge >= 0.3 is 0 Å². The van der Waals surface area contributed by atoms with E-state index in [0.717, 1.165) is 41.1 Å². The van der Waals surface area contributed by atoms with Crippen molar-refractivity contribution in [3.8, 4) is 11.4 Å². The van der Waals surface area contributed by atoms with Crippen LogP contribution in [-0.2, 0) is 0 Å². The molecule has 0 spiro atoms. The Bertz CT molecular complexity index is 1160. The monoisotopic (exact) mass is 488 g/mol. The number of hydrogen-bond donors (Lipinski definition) is 3. The predicted molar refractivity (Wildman–Crippen MR) is 151 cm³/mol. The smallest absolute Gasteiger partial charge is 0.161 e. The van der Waals surface area contributed by atoms with Gasteiger partial charge < -0.3 is 20.6 Å². The van der Waals surface area contributed by atoms with E-state index >= 15 is 0 Å². The summed E-state index contributed by atoms with van der Waals surface area (Å²) >= 11 is 0. The van der Waals surface area contributed by atoms with E-state index in [2.05, 4.69) is 48.2 Å². The van der Waals surface area contributed by atoms with E-state index in [4.69, 9.17) is 9.97 Å². The summed E-state index contributed by atoms with van der Waals surface area (Å²) in [6.45, 7) is 12.0. The molecule has 1 fully saturated rings. The van der Waals surface area contributed by atoms with Crippen LogP contribution in [0.15, 0.2) is 66.5 Å². The van der Waals surface area contributed by atoms with Gasteiger partial charge in [0.2, 0.25) is 0 Å². The molecule has 1 atom stereocenters. The van der Waals surface area contributed by atoms with Gasteiger partial charge in [-0.3, -0.25) is 4.99 Å². The molecule has 1 unspecified atom stereocenters. The van der Waals surface area contributed by atoms with Crippen LogP contribution >= 0.6 is 0 Å². The van der Waals surface area contributed by atoms with Crippen molar-refractivity contribution in [1.82, 2.24) is 20.2 Å². The van der Waals surface area contributed by atoms with E-state index in [0.29, 0.717) is 24.6 Å². The van der Waals surface area contributed by atoms with Crippen LogP contribution in [0.5, 0.6) is 0 Å². The SMILES string of the molecule is C=C/C(=C\N(C)C)c1cccc(-c2ncc(C(/C=C\C)=NC)c(NCC3(O)CCNCC3(C)C)n2)c1. The molecule has 1 aromatic heterocycles. The van der Waals surface area contributed by atoms with Gasteiger partial charge in [-0.1, -0.05) is 50.8 Å². The number of nitrogens with zero attached hydrogens (tertiary/aromatic N) is 4. The van der Waals surface area contributed by atoms with Crippen molar-refractivity contribution in [2.45, 2.75) is 32.8 Å². The first kappa shape index (κ1) is 27.3. The second-order valence-corrected chi connectivity index (χ2v) is 10.1. The first-order valence-corrected chi connectivity index (χ1v) is 12.4. The molecule has 2 aromatic rings. The van der Waals surface area contributed by atoms with Crippen LogP contribution in [0.4, 0.5) is 5.82 Å². The molecule has 2 heterocycles. The normalized spacial score (nSPS) is 20.4. The molecular weight excluding hydrogens is 448 g/mol. The molecule has 192 valence electrons. The Morgan fingerprint density at radius 3 is 2.75 bits per heavy atom. The van der Waals surface area contributed by atoms with E-state index in [-0.39, 0.29) is 5.41 Å². The number of piperidine rings is 1. The zero-order valence-corrected chi connectivity index (χ0v) is 22.5. The number of aromatic nitrogens is 2. The summed E-state index contributed by atoms with van der Waals surface area (Å²) in [6, 6.07) is 8.13. The highest BCUT2D eigenvalue weighted by atomic mass is 16.3. The maximum absolute atomic E-state index is 11.5. The number of anilines is 1. The molecule has 7 heteroatoms. The minimum atomic E-state index is -0.875. The first-order chi connectivity index (χ1) is 17.1. The lowest BCUT2D eigenvalue weighted by molar-refractivity contribution is -0.0764. The molecule has 7 nitrogen and oxygen atoms in total. The van der Waals surface area contributed by atoms with Gasteiger partial charge in [0.05, 0.1) is 16.9 Å². The molecule has 1 aliphatic heterocycles. The van der Waals surface area contributed by atoms with Gasteiger partial charge in [-0.2, -0.15) is 0 Å². The van der Waals surface area contributed by atoms with Crippen molar-refractivity contribution in [2.24, 2.45) is 10.4 Å². The summed E-state index contributed by atoms with van der Waals surface area (Å²) in [5.74, 6) is 1.25. The fraction of sp³-hybridized carbons (Fsp3) is 0.414. The van der Waals surface area contributed by atoms with Crippen LogP contribution in [0, 0.1) is 5.41 Å². The van der Waals surface area contributed by atoms with Gasteiger partial charge in [-0.15, -0.1) is 0 Å². The molecule has 1 aliphatic rings. The van der Waals surface area contributed by atoms with Crippen molar-refractivity contribution in [3.63, 3.8) is 0 Å². The highest BCUT2D eigenvalue weighted by molar-refractivity contribution is 6.11. The highest BCUT2D eigenvalue weighted by Crippen LogP contribution is 2.36. The van der Waals surface area contributed by atoms with Gasteiger partial charge in [-0.25, -0.2) is 9.97 Å². The van der Waals surface area contributed by atoms with E-state index in [9.17, 15) is 5.11 Å². The summed E-state index contributed by atoms with van der Waals surface area (Å²) in [6.07, 6.45) is 10.2. The first-order valence-electron chi connectivity index (χ1n) is 12.4. The second-order valence-electron chi connectivity index (χ2n) is 10.1. The van der Waals surface area contributed by atoms with Crippen LogP contribution in [0.1, 0.15) is 38.3 Å². The van der Waals surface area contributed by atoms with E-state index in [1.165, 1.54) is 0 Å². The maximum atomic E-state index is 11.5. The van der Waals surface area contributed by atoms with E-state index < -0.39 is 5.60 Å². The van der Waals surface area contributed by atoms with Gasteiger partial charge in [0, 0.05) is 57.6 Å². The number of hydrogen-bond acceptors (Lipinski definition) is 7. The average molecular weight is 489 g/mol.